The molecule has 1 aliphatic rings. The molecule has 0 fully saturated rings. The molecule has 0 aliphatic carbocycles. The van der Waals surface area contributed by atoms with Gasteiger partial charge in [-0.2, -0.15) is 0 Å². The average Bonchev–Trinajstić information content (AvgIpc) is 3.14. The van der Waals surface area contributed by atoms with E-state index in [1.54, 1.807) is 30.5 Å². The molecule has 0 saturated heterocycles. The summed E-state index contributed by atoms with van der Waals surface area (Å²) in [4.78, 5) is 18.5. The molecule has 4 aromatic rings. The summed E-state index contributed by atoms with van der Waals surface area (Å²) in [5.41, 5.74) is 1.01. The monoisotopic (exact) mass is 481 g/mol. The van der Waals surface area contributed by atoms with Gasteiger partial charge in [-0.3, -0.25) is 4.98 Å². The summed E-state index contributed by atoms with van der Waals surface area (Å²) in [6.07, 6.45) is 4.22. The van der Waals surface area contributed by atoms with Gasteiger partial charge in [-0.15, -0.1) is 11.3 Å². The SMILES string of the molecule is CCOC(=O)C(OC(C)(C)C)c1c(C)sc2c3ccncc3c3c4c(c(F)cc3c12)OCCC4. The maximum absolute atomic E-state index is 15.4. The first-order valence-electron chi connectivity index (χ1n) is 11.6. The Morgan fingerprint density at radius 2 is 2.06 bits per heavy atom. The lowest BCUT2D eigenvalue weighted by Crippen LogP contribution is -2.29. The number of hydrogen-bond donors (Lipinski definition) is 0. The van der Waals surface area contributed by atoms with Crippen LogP contribution in [0, 0.1) is 12.7 Å². The number of ether oxygens (including phenoxy) is 3. The quantitative estimate of drug-likeness (QED) is 0.237. The predicted octanol–water partition coefficient (Wildman–Crippen LogP) is 6.79. The molecular formula is C27H28FNO4S. The van der Waals surface area contributed by atoms with E-state index in [1.165, 1.54) is 0 Å². The van der Waals surface area contributed by atoms with Crippen molar-refractivity contribution in [2.45, 2.75) is 59.2 Å². The molecule has 1 unspecified atom stereocenters. The lowest BCUT2D eigenvalue weighted by Gasteiger charge is -2.27. The first kappa shape index (κ1) is 23.0. The van der Waals surface area contributed by atoms with Gasteiger partial charge in [-0.25, -0.2) is 9.18 Å². The highest BCUT2D eigenvalue weighted by Crippen LogP contribution is 2.49. The molecule has 1 atom stereocenters. The van der Waals surface area contributed by atoms with Crippen molar-refractivity contribution in [2.75, 3.05) is 13.2 Å². The summed E-state index contributed by atoms with van der Waals surface area (Å²) >= 11 is 1.59. The van der Waals surface area contributed by atoms with Crippen molar-refractivity contribution in [3.63, 3.8) is 0 Å². The van der Waals surface area contributed by atoms with E-state index in [4.69, 9.17) is 14.2 Å². The molecule has 5 rings (SSSR count). The van der Waals surface area contributed by atoms with E-state index < -0.39 is 17.7 Å². The summed E-state index contributed by atoms with van der Waals surface area (Å²) in [5, 5.41) is 4.51. The van der Waals surface area contributed by atoms with E-state index in [0.717, 1.165) is 60.5 Å². The Hall–Kier alpha value is -2.77. The van der Waals surface area contributed by atoms with Crippen molar-refractivity contribution >= 4 is 48.9 Å². The van der Waals surface area contributed by atoms with Gasteiger partial charge in [-0.1, -0.05) is 0 Å². The third kappa shape index (κ3) is 3.71. The van der Waals surface area contributed by atoms with Gasteiger partial charge in [0.15, 0.2) is 17.7 Å². The van der Waals surface area contributed by atoms with E-state index >= 15 is 4.39 Å². The Balaban J connectivity index is 1.95. The second kappa shape index (κ2) is 8.47. The topological polar surface area (TPSA) is 57.7 Å². The standard InChI is InChI=1S/C27H28FNO4S/c1-6-31-26(30)24(33-27(3,4)5)20-14(2)34-25-15-9-10-29-13-18(15)21-16-8-7-11-32-23(16)19(28)12-17(21)22(20)25/h9-10,12-13,24H,6-8,11H2,1-5H3. The van der Waals surface area contributed by atoms with Crippen LogP contribution in [-0.4, -0.2) is 29.8 Å². The van der Waals surface area contributed by atoms with Crippen molar-refractivity contribution in [2.24, 2.45) is 0 Å². The molecule has 0 bridgehead atoms. The molecular weight excluding hydrogens is 453 g/mol. The zero-order valence-electron chi connectivity index (χ0n) is 20.1. The highest BCUT2D eigenvalue weighted by Gasteiger charge is 2.34. The van der Waals surface area contributed by atoms with Crippen LogP contribution in [0.4, 0.5) is 4.39 Å². The van der Waals surface area contributed by atoms with Crippen molar-refractivity contribution in [1.82, 2.24) is 4.98 Å². The first-order chi connectivity index (χ1) is 16.2. The lowest BCUT2D eigenvalue weighted by molar-refractivity contribution is -0.166. The number of fused-ring (bicyclic) bond motifs is 8. The molecule has 178 valence electrons. The van der Waals surface area contributed by atoms with Crippen LogP contribution < -0.4 is 4.74 Å². The fraction of sp³-hybridized carbons (Fsp3) is 0.407. The van der Waals surface area contributed by atoms with Gasteiger partial charge < -0.3 is 14.2 Å². The molecule has 0 saturated carbocycles. The second-order valence-corrected chi connectivity index (χ2v) is 10.8. The summed E-state index contributed by atoms with van der Waals surface area (Å²) < 4.78 is 33.8. The number of carbonyl (C=O) groups is 1. The molecule has 1 aliphatic heterocycles. The maximum atomic E-state index is 15.4. The lowest BCUT2D eigenvalue weighted by atomic mass is 9.90. The number of hydrogen-bond acceptors (Lipinski definition) is 6. The summed E-state index contributed by atoms with van der Waals surface area (Å²) in [5.74, 6) is -0.499. The van der Waals surface area contributed by atoms with Crippen LogP contribution in [0.15, 0.2) is 24.5 Å². The first-order valence-corrected chi connectivity index (χ1v) is 12.4. The van der Waals surface area contributed by atoms with E-state index in [1.807, 2.05) is 40.0 Å². The van der Waals surface area contributed by atoms with Gasteiger partial charge in [0, 0.05) is 49.3 Å². The molecule has 2 aromatic carbocycles. The Kier molecular flexibility index (Phi) is 5.73. The van der Waals surface area contributed by atoms with E-state index in [-0.39, 0.29) is 12.4 Å². The Labute approximate surface area is 201 Å². The van der Waals surface area contributed by atoms with Crippen LogP contribution in [0.25, 0.3) is 31.6 Å². The highest BCUT2D eigenvalue weighted by atomic mass is 32.1. The third-order valence-electron chi connectivity index (χ3n) is 6.12. The molecule has 0 N–H and O–H groups in total. The van der Waals surface area contributed by atoms with Crippen molar-refractivity contribution in [3.8, 4) is 5.75 Å². The number of benzene rings is 2. The van der Waals surface area contributed by atoms with Crippen molar-refractivity contribution in [1.29, 1.82) is 0 Å². The van der Waals surface area contributed by atoms with Gasteiger partial charge in [0.05, 0.1) is 18.8 Å². The Morgan fingerprint density at radius 1 is 1.26 bits per heavy atom. The number of pyridine rings is 1. The highest BCUT2D eigenvalue weighted by molar-refractivity contribution is 7.20. The van der Waals surface area contributed by atoms with Crippen molar-refractivity contribution < 1.29 is 23.4 Å². The number of aryl methyl sites for hydroxylation is 2. The summed E-state index contributed by atoms with van der Waals surface area (Å²) in [6.45, 7) is 10.2. The van der Waals surface area contributed by atoms with E-state index in [2.05, 4.69) is 4.98 Å². The van der Waals surface area contributed by atoms with Crippen LogP contribution >= 0.6 is 11.3 Å². The molecule has 7 heteroatoms. The molecule has 0 radical (unpaired) electrons. The molecule has 34 heavy (non-hydrogen) atoms. The van der Waals surface area contributed by atoms with Crippen LogP contribution in [0.1, 0.15) is 56.2 Å². The number of nitrogens with zero attached hydrogens (tertiary/aromatic N) is 1. The smallest absolute Gasteiger partial charge is 0.340 e. The molecule has 2 aromatic heterocycles. The van der Waals surface area contributed by atoms with Gasteiger partial charge in [0.25, 0.3) is 0 Å². The second-order valence-electron chi connectivity index (χ2n) is 9.60. The van der Waals surface area contributed by atoms with Crippen LogP contribution in [0.5, 0.6) is 5.75 Å². The fourth-order valence-corrected chi connectivity index (χ4v) is 6.16. The number of carbonyl (C=O) groups excluding carboxylic acids is 1. The van der Waals surface area contributed by atoms with Crippen LogP contribution in [0.2, 0.25) is 0 Å². The number of aromatic nitrogens is 1. The summed E-state index contributed by atoms with van der Waals surface area (Å²) in [6, 6.07) is 3.53. The van der Waals surface area contributed by atoms with E-state index in [9.17, 15) is 4.79 Å². The number of thiophene rings is 1. The summed E-state index contributed by atoms with van der Waals surface area (Å²) in [7, 11) is 0. The zero-order chi connectivity index (χ0) is 24.2. The van der Waals surface area contributed by atoms with Crippen molar-refractivity contribution in [3.05, 3.63) is 46.3 Å². The molecule has 3 heterocycles. The maximum Gasteiger partial charge on any atom is 0.340 e. The van der Waals surface area contributed by atoms with E-state index in [0.29, 0.717) is 12.4 Å². The van der Waals surface area contributed by atoms with Gasteiger partial charge in [0.1, 0.15) is 0 Å². The minimum atomic E-state index is -0.925. The minimum absolute atomic E-state index is 0.249. The van der Waals surface area contributed by atoms with Gasteiger partial charge in [-0.05, 0) is 70.4 Å². The third-order valence-corrected chi connectivity index (χ3v) is 7.27. The molecule has 5 nitrogen and oxygen atoms in total. The number of halogens is 1. The normalized spacial score (nSPS) is 14.9. The largest absolute Gasteiger partial charge is 0.490 e. The Bertz CT molecular complexity index is 1440. The minimum Gasteiger partial charge on any atom is -0.490 e. The fourth-order valence-electron chi connectivity index (χ4n) is 4.93. The zero-order valence-corrected chi connectivity index (χ0v) is 20.9. The number of rotatable bonds is 4. The number of esters is 1. The molecule has 0 spiro atoms. The van der Waals surface area contributed by atoms with Crippen LogP contribution in [0.3, 0.4) is 0 Å². The van der Waals surface area contributed by atoms with Crippen LogP contribution in [-0.2, 0) is 20.7 Å². The average molecular weight is 482 g/mol. The predicted molar refractivity (Wildman–Crippen MR) is 133 cm³/mol. The van der Waals surface area contributed by atoms with Gasteiger partial charge >= 0.3 is 5.97 Å². The van der Waals surface area contributed by atoms with Gasteiger partial charge in [0.2, 0.25) is 0 Å². The Morgan fingerprint density at radius 3 is 2.79 bits per heavy atom. The molecule has 0 amide bonds.